The number of nitrogens with zero attached hydrogens (tertiary/aromatic N) is 1. The first-order chi connectivity index (χ1) is 24.6. The van der Waals surface area contributed by atoms with Gasteiger partial charge in [-0.2, -0.15) is 13.2 Å². The third-order valence-electron chi connectivity index (χ3n) is 10.00. The first-order valence-electron chi connectivity index (χ1n) is 17.3. The molecule has 0 unspecified atom stereocenters. The Hall–Kier alpha value is -4.84. The predicted octanol–water partition coefficient (Wildman–Crippen LogP) is 12.7. The van der Waals surface area contributed by atoms with Crippen molar-refractivity contribution in [3.8, 4) is 11.3 Å². The molecule has 0 amide bonds. The van der Waals surface area contributed by atoms with Gasteiger partial charge in [0, 0.05) is 38.1 Å². The molecule has 1 N–H and O–H groups in total. The van der Waals surface area contributed by atoms with Crippen LogP contribution in [0.2, 0.25) is 0 Å². The summed E-state index contributed by atoms with van der Waals surface area (Å²) < 4.78 is 42.3. The molecule has 0 saturated heterocycles. The number of alkyl halides is 3. The Labute approximate surface area is 314 Å². The number of benzene rings is 6. The van der Waals surface area contributed by atoms with E-state index in [1.807, 2.05) is 12.1 Å². The van der Waals surface area contributed by atoms with Gasteiger partial charge in [-0.1, -0.05) is 102 Å². The molecule has 1 fully saturated rings. The van der Waals surface area contributed by atoms with Crippen LogP contribution in [0.1, 0.15) is 68.1 Å². The van der Waals surface area contributed by atoms with E-state index in [0.29, 0.717) is 28.5 Å². The van der Waals surface area contributed by atoms with Gasteiger partial charge in [0.2, 0.25) is 0 Å². The number of allylic oxidation sites excluding steroid dienone is 2. The number of aliphatic hydroxyl groups excluding tert-OH is 1. The van der Waals surface area contributed by atoms with Crippen LogP contribution in [0.25, 0.3) is 54.3 Å². The Kier molecular flexibility index (Phi) is 10.9. The predicted molar refractivity (Wildman–Crippen MR) is 201 cm³/mol. The zero-order valence-electron chi connectivity index (χ0n) is 28.8. The molecular weight excluding hydrogens is 836 g/mol. The Morgan fingerprint density at radius 2 is 1.31 bits per heavy atom. The number of rotatable bonds is 4. The van der Waals surface area contributed by atoms with Crippen LogP contribution in [-0.2, 0) is 31.1 Å². The molecule has 7 aromatic rings. The van der Waals surface area contributed by atoms with Gasteiger partial charge in [0.1, 0.15) is 0 Å². The van der Waals surface area contributed by atoms with Gasteiger partial charge in [0.05, 0.1) is 5.76 Å². The molecule has 7 heteroatoms. The summed E-state index contributed by atoms with van der Waals surface area (Å²) >= 11 is 0. The van der Waals surface area contributed by atoms with Crippen LogP contribution < -0.4 is 0 Å². The van der Waals surface area contributed by atoms with E-state index in [9.17, 15) is 18.0 Å². The fourth-order valence-corrected chi connectivity index (χ4v) is 7.67. The number of carbonyl (C=O) groups is 1. The van der Waals surface area contributed by atoms with Crippen molar-refractivity contribution in [3.05, 3.63) is 150 Å². The van der Waals surface area contributed by atoms with Crippen LogP contribution in [0.5, 0.6) is 0 Å². The summed E-state index contributed by atoms with van der Waals surface area (Å²) in [5.41, 5.74) is 3.04. The zero-order chi connectivity index (χ0) is 35.7. The summed E-state index contributed by atoms with van der Waals surface area (Å²) in [5, 5.41) is 15.3. The average Bonchev–Trinajstić information content (AvgIpc) is 3.13. The topological polar surface area (TPSA) is 50.2 Å². The second kappa shape index (κ2) is 15.4. The van der Waals surface area contributed by atoms with Crippen molar-refractivity contribution in [1.29, 1.82) is 0 Å². The third kappa shape index (κ3) is 7.67. The first kappa shape index (κ1) is 36.9. The number of aliphatic hydroxyl groups is 1. The van der Waals surface area contributed by atoms with E-state index in [0.717, 1.165) is 21.5 Å². The molecule has 1 radical (unpaired) electrons. The molecule has 1 aliphatic carbocycles. The number of hydrogen-bond donors (Lipinski definition) is 1. The number of halogens is 3. The van der Waals surface area contributed by atoms with Gasteiger partial charge in [0.25, 0.3) is 0 Å². The van der Waals surface area contributed by atoms with E-state index in [1.54, 1.807) is 24.4 Å². The maximum atomic E-state index is 14.1. The quantitative estimate of drug-likeness (QED) is 0.0830. The number of carbonyl (C=O) groups excluding carboxylic acids is 1. The van der Waals surface area contributed by atoms with E-state index < -0.39 is 11.7 Å². The number of hydrogen-bond acceptors (Lipinski definition) is 3. The van der Waals surface area contributed by atoms with Gasteiger partial charge in [-0.25, -0.2) is 0 Å². The fourth-order valence-electron chi connectivity index (χ4n) is 7.67. The summed E-state index contributed by atoms with van der Waals surface area (Å²) in [7, 11) is 0. The van der Waals surface area contributed by atoms with Gasteiger partial charge in [-0.15, -0.1) is 23.6 Å². The standard InChI is InChI=1S/C40H29F3N.C5H8O2.Ir/c41-40(42,43)38-24-31(23-29-8-4-5-9-33(29)38)39-37-19-18-34-32-16-14-28(22-30(32)15-17-35(34)36(37)20-21-44-39)27-12-10-26(11-13-27)25-6-2-1-3-7-25;1-4(6)3-5(2)7;/h1-9,14-22,24,26-27H,10-13H2;3,6H,1-2H3;/q-1;;/b;4-3-;. The maximum absolute atomic E-state index is 14.1. The van der Waals surface area contributed by atoms with Gasteiger partial charge >= 0.3 is 6.18 Å². The van der Waals surface area contributed by atoms with E-state index in [2.05, 4.69) is 77.8 Å². The number of fused-ring (bicyclic) bond motifs is 6. The molecule has 1 saturated carbocycles. The number of aromatic nitrogens is 1. The third-order valence-corrected chi connectivity index (χ3v) is 10.00. The molecule has 1 aliphatic rings. The number of ketones is 1. The van der Waals surface area contributed by atoms with Gasteiger partial charge < -0.3 is 5.11 Å². The summed E-state index contributed by atoms with van der Waals surface area (Å²) in [5.74, 6) is 1.16. The summed E-state index contributed by atoms with van der Waals surface area (Å²) in [6.45, 7) is 2.85. The second-order valence-electron chi connectivity index (χ2n) is 13.5. The molecule has 0 aliphatic heterocycles. The van der Waals surface area contributed by atoms with Crippen molar-refractivity contribution >= 4 is 48.9 Å². The monoisotopic (exact) mass is 873 g/mol. The minimum absolute atomic E-state index is 0. The molecule has 6 aromatic carbocycles. The van der Waals surface area contributed by atoms with Gasteiger partial charge in [-0.3, -0.25) is 9.78 Å². The largest absolute Gasteiger partial charge is 0.512 e. The summed E-state index contributed by atoms with van der Waals surface area (Å²) in [4.78, 5) is 14.6. The van der Waals surface area contributed by atoms with E-state index >= 15 is 0 Å². The minimum atomic E-state index is -4.49. The Morgan fingerprint density at radius 3 is 1.98 bits per heavy atom. The molecule has 1 heterocycles. The van der Waals surface area contributed by atoms with Crippen LogP contribution >= 0.6 is 0 Å². The van der Waals surface area contributed by atoms with E-state index in [1.165, 1.54) is 79.6 Å². The van der Waals surface area contributed by atoms with E-state index in [4.69, 9.17) is 5.11 Å². The molecule has 1 aromatic heterocycles. The van der Waals surface area contributed by atoms with Crippen LogP contribution in [0, 0.1) is 6.07 Å². The Balaban J connectivity index is 0.000000530. The van der Waals surface area contributed by atoms with Crippen molar-refractivity contribution in [2.75, 3.05) is 0 Å². The second-order valence-corrected chi connectivity index (χ2v) is 13.5. The fraction of sp³-hybridized carbons (Fsp3) is 0.200. The molecule has 0 atom stereocenters. The van der Waals surface area contributed by atoms with Crippen LogP contribution in [0.4, 0.5) is 13.2 Å². The molecule has 0 spiro atoms. The SMILES string of the molecule is CC(=O)/C=C(/C)O.FC(F)(F)c1cc(-c2nccc3c2ccc2c4ccc(C5CCC(c6ccccc6)CC5)cc4ccc32)[c-]c2ccccc12.[Ir]. The summed E-state index contributed by atoms with van der Waals surface area (Å²) in [6.07, 6.45) is 3.19. The van der Waals surface area contributed by atoms with Crippen LogP contribution in [0.3, 0.4) is 0 Å². The average molecular weight is 873 g/mol. The van der Waals surface area contributed by atoms with E-state index in [-0.39, 0.29) is 37.0 Å². The van der Waals surface area contributed by atoms with Crippen molar-refractivity contribution in [1.82, 2.24) is 4.98 Å². The van der Waals surface area contributed by atoms with Crippen LogP contribution in [0.15, 0.2) is 127 Å². The van der Waals surface area contributed by atoms with Crippen molar-refractivity contribution < 1.29 is 43.2 Å². The summed E-state index contributed by atoms with van der Waals surface area (Å²) in [6, 6.07) is 39.1. The smallest absolute Gasteiger partial charge is 0.403 e. The van der Waals surface area contributed by atoms with Gasteiger partial charge in [0.15, 0.2) is 5.78 Å². The van der Waals surface area contributed by atoms with Crippen molar-refractivity contribution in [3.63, 3.8) is 0 Å². The maximum Gasteiger partial charge on any atom is 0.403 e. The van der Waals surface area contributed by atoms with Crippen molar-refractivity contribution in [2.24, 2.45) is 0 Å². The molecule has 8 rings (SSSR count). The molecule has 3 nitrogen and oxygen atoms in total. The van der Waals surface area contributed by atoms with Crippen molar-refractivity contribution in [2.45, 2.75) is 57.5 Å². The Bertz CT molecular complexity index is 2430. The van der Waals surface area contributed by atoms with Crippen LogP contribution in [-0.4, -0.2) is 15.9 Å². The zero-order valence-corrected chi connectivity index (χ0v) is 31.2. The number of pyridine rings is 1. The van der Waals surface area contributed by atoms with Gasteiger partial charge in [-0.05, 0) is 106 Å². The molecule has 52 heavy (non-hydrogen) atoms. The Morgan fingerprint density at radius 1 is 0.712 bits per heavy atom. The normalized spacial score (nSPS) is 16.4. The molecule has 0 bridgehead atoms. The molecular formula is C45H37F3IrNO2-. The first-order valence-corrected chi connectivity index (χ1v) is 17.3. The molecule has 265 valence electrons. The minimum Gasteiger partial charge on any atom is -0.512 e.